The summed E-state index contributed by atoms with van der Waals surface area (Å²) in [6, 6.07) is 14.9. The molecular formula is C20H24N2O3. The lowest BCUT2D eigenvalue weighted by molar-refractivity contribution is -0.123. The van der Waals surface area contributed by atoms with E-state index in [4.69, 9.17) is 4.74 Å². The second-order valence-corrected chi connectivity index (χ2v) is 6.09. The van der Waals surface area contributed by atoms with Crippen molar-refractivity contribution < 1.29 is 14.3 Å². The van der Waals surface area contributed by atoms with E-state index < -0.39 is 0 Å². The van der Waals surface area contributed by atoms with Crippen molar-refractivity contribution in [3.8, 4) is 5.75 Å². The van der Waals surface area contributed by atoms with Gasteiger partial charge in [0.2, 0.25) is 11.8 Å². The SMILES string of the molecule is Cc1ccccc1CC(=O)NCC(=O)Nc1ccccc1OC(C)C. The van der Waals surface area contributed by atoms with Crippen molar-refractivity contribution in [3.63, 3.8) is 0 Å². The number of hydrogen-bond donors (Lipinski definition) is 2. The van der Waals surface area contributed by atoms with Gasteiger partial charge in [-0.05, 0) is 44.0 Å². The third-order valence-electron chi connectivity index (χ3n) is 3.58. The van der Waals surface area contributed by atoms with Crippen molar-refractivity contribution in [1.29, 1.82) is 0 Å². The van der Waals surface area contributed by atoms with E-state index >= 15 is 0 Å². The van der Waals surface area contributed by atoms with Crippen LogP contribution in [0.5, 0.6) is 5.75 Å². The quantitative estimate of drug-likeness (QED) is 0.814. The molecule has 0 aliphatic carbocycles. The molecule has 2 aromatic rings. The second kappa shape index (κ2) is 8.87. The Kier molecular flexibility index (Phi) is 6.57. The molecule has 0 aromatic heterocycles. The molecule has 0 bridgehead atoms. The number of aryl methyl sites for hydroxylation is 1. The highest BCUT2D eigenvalue weighted by atomic mass is 16.5. The van der Waals surface area contributed by atoms with Crippen LogP contribution in [0.3, 0.4) is 0 Å². The smallest absolute Gasteiger partial charge is 0.243 e. The number of nitrogens with one attached hydrogen (secondary N) is 2. The monoisotopic (exact) mass is 340 g/mol. The van der Waals surface area contributed by atoms with Gasteiger partial charge in [0.15, 0.2) is 0 Å². The zero-order valence-electron chi connectivity index (χ0n) is 14.8. The van der Waals surface area contributed by atoms with E-state index in [1.165, 1.54) is 0 Å². The number of rotatable bonds is 7. The lowest BCUT2D eigenvalue weighted by Gasteiger charge is -2.15. The maximum absolute atomic E-state index is 12.1. The van der Waals surface area contributed by atoms with Crippen LogP contribution in [0.4, 0.5) is 5.69 Å². The number of amides is 2. The number of anilines is 1. The highest BCUT2D eigenvalue weighted by Crippen LogP contribution is 2.24. The summed E-state index contributed by atoms with van der Waals surface area (Å²) in [5.41, 5.74) is 2.60. The van der Waals surface area contributed by atoms with E-state index in [2.05, 4.69) is 10.6 Å². The Morgan fingerprint density at radius 2 is 1.68 bits per heavy atom. The predicted molar refractivity (Wildman–Crippen MR) is 98.7 cm³/mol. The Hall–Kier alpha value is -2.82. The van der Waals surface area contributed by atoms with Crippen LogP contribution in [-0.2, 0) is 16.0 Å². The van der Waals surface area contributed by atoms with Crippen molar-refractivity contribution in [2.24, 2.45) is 0 Å². The first kappa shape index (κ1) is 18.5. The molecule has 0 aliphatic rings. The van der Waals surface area contributed by atoms with Gasteiger partial charge < -0.3 is 15.4 Å². The summed E-state index contributed by atoms with van der Waals surface area (Å²) in [6.07, 6.45) is 0.263. The van der Waals surface area contributed by atoms with Crippen molar-refractivity contribution in [3.05, 3.63) is 59.7 Å². The van der Waals surface area contributed by atoms with Crippen LogP contribution in [0.1, 0.15) is 25.0 Å². The van der Waals surface area contributed by atoms with Crippen LogP contribution in [0, 0.1) is 6.92 Å². The molecule has 0 atom stereocenters. The molecule has 132 valence electrons. The second-order valence-electron chi connectivity index (χ2n) is 6.09. The van der Waals surface area contributed by atoms with Crippen molar-refractivity contribution in [2.75, 3.05) is 11.9 Å². The van der Waals surface area contributed by atoms with Crippen LogP contribution >= 0.6 is 0 Å². The zero-order chi connectivity index (χ0) is 18.2. The van der Waals surface area contributed by atoms with Gasteiger partial charge in [0.05, 0.1) is 24.8 Å². The lowest BCUT2D eigenvalue weighted by atomic mass is 10.1. The molecular weight excluding hydrogens is 316 g/mol. The van der Waals surface area contributed by atoms with E-state index in [-0.39, 0.29) is 30.9 Å². The molecule has 0 unspecified atom stereocenters. The topological polar surface area (TPSA) is 67.4 Å². The van der Waals surface area contributed by atoms with Crippen LogP contribution < -0.4 is 15.4 Å². The number of carbonyl (C=O) groups excluding carboxylic acids is 2. The minimum absolute atomic E-state index is 0.00636. The summed E-state index contributed by atoms with van der Waals surface area (Å²) in [6.45, 7) is 5.72. The molecule has 0 saturated carbocycles. The van der Waals surface area contributed by atoms with Gasteiger partial charge in [-0.25, -0.2) is 0 Å². The summed E-state index contributed by atoms with van der Waals surface area (Å²) in [5, 5.41) is 5.41. The largest absolute Gasteiger partial charge is 0.489 e. The maximum atomic E-state index is 12.1. The molecule has 0 heterocycles. The van der Waals surface area contributed by atoms with E-state index in [0.717, 1.165) is 11.1 Å². The van der Waals surface area contributed by atoms with Crippen LogP contribution in [-0.4, -0.2) is 24.5 Å². The van der Waals surface area contributed by atoms with E-state index in [1.807, 2.05) is 57.2 Å². The summed E-state index contributed by atoms with van der Waals surface area (Å²) >= 11 is 0. The number of benzene rings is 2. The standard InChI is InChI=1S/C20H24N2O3/c1-14(2)25-18-11-7-6-10-17(18)22-20(24)13-21-19(23)12-16-9-5-4-8-15(16)3/h4-11,14H,12-13H2,1-3H3,(H,21,23)(H,22,24). The molecule has 0 spiro atoms. The van der Waals surface area contributed by atoms with Crippen molar-refractivity contribution >= 4 is 17.5 Å². The van der Waals surface area contributed by atoms with Crippen LogP contribution in [0.2, 0.25) is 0 Å². The van der Waals surface area contributed by atoms with Gasteiger partial charge in [-0.15, -0.1) is 0 Å². The first-order chi connectivity index (χ1) is 12.0. The van der Waals surface area contributed by atoms with E-state index in [9.17, 15) is 9.59 Å². The Morgan fingerprint density at radius 1 is 1.00 bits per heavy atom. The molecule has 2 amide bonds. The van der Waals surface area contributed by atoms with Crippen LogP contribution in [0.25, 0.3) is 0 Å². The minimum atomic E-state index is -0.294. The number of carbonyl (C=O) groups is 2. The molecule has 0 saturated heterocycles. The number of hydrogen-bond acceptors (Lipinski definition) is 3. The van der Waals surface area contributed by atoms with Gasteiger partial charge in [0.25, 0.3) is 0 Å². The van der Waals surface area contributed by atoms with Gasteiger partial charge in [-0.1, -0.05) is 36.4 Å². The Bertz CT molecular complexity index is 741. The molecule has 25 heavy (non-hydrogen) atoms. The Balaban J connectivity index is 1.87. The molecule has 5 nitrogen and oxygen atoms in total. The molecule has 2 N–H and O–H groups in total. The van der Waals surface area contributed by atoms with Crippen molar-refractivity contribution in [1.82, 2.24) is 5.32 Å². The first-order valence-corrected chi connectivity index (χ1v) is 8.32. The fourth-order valence-electron chi connectivity index (χ4n) is 2.34. The van der Waals surface area contributed by atoms with Crippen LogP contribution in [0.15, 0.2) is 48.5 Å². The summed E-state index contributed by atoms with van der Waals surface area (Å²) < 4.78 is 5.66. The van der Waals surface area contributed by atoms with Gasteiger partial charge in [-0.3, -0.25) is 9.59 Å². The average molecular weight is 340 g/mol. The van der Waals surface area contributed by atoms with E-state index in [1.54, 1.807) is 12.1 Å². The number of ether oxygens (including phenoxy) is 1. The Labute approximate surface area is 148 Å². The fraction of sp³-hybridized carbons (Fsp3) is 0.300. The number of para-hydroxylation sites is 2. The zero-order valence-corrected chi connectivity index (χ0v) is 14.8. The van der Waals surface area contributed by atoms with E-state index in [0.29, 0.717) is 11.4 Å². The Morgan fingerprint density at radius 3 is 2.40 bits per heavy atom. The molecule has 5 heteroatoms. The molecule has 2 aromatic carbocycles. The van der Waals surface area contributed by atoms with Gasteiger partial charge in [0.1, 0.15) is 5.75 Å². The van der Waals surface area contributed by atoms with Gasteiger partial charge >= 0.3 is 0 Å². The highest BCUT2D eigenvalue weighted by molar-refractivity contribution is 5.95. The molecule has 0 fully saturated rings. The third-order valence-corrected chi connectivity index (χ3v) is 3.58. The molecule has 0 radical (unpaired) electrons. The average Bonchev–Trinajstić information content (AvgIpc) is 2.56. The summed E-state index contributed by atoms with van der Waals surface area (Å²) in [7, 11) is 0. The summed E-state index contributed by atoms with van der Waals surface area (Å²) in [4.78, 5) is 24.1. The molecule has 2 rings (SSSR count). The lowest BCUT2D eigenvalue weighted by Crippen LogP contribution is -2.34. The maximum Gasteiger partial charge on any atom is 0.243 e. The van der Waals surface area contributed by atoms with Gasteiger partial charge in [-0.2, -0.15) is 0 Å². The normalized spacial score (nSPS) is 10.4. The van der Waals surface area contributed by atoms with Crippen molar-refractivity contribution in [2.45, 2.75) is 33.3 Å². The predicted octanol–water partition coefficient (Wildman–Crippen LogP) is 3.08. The summed E-state index contributed by atoms with van der Waals surface area (Å²) in [5.74, 6) is 0.131. The highest BCUT2D eigenvalue weighted by Gasteiger charge is 2.11. The molecule has 0 aliphatic heterocycles. The third kappa shape index (κ3) is 5.95. The van der Waals surface area contributed by atoms with Gasteiger partial charge in [0, 0.05) is 0 Å². The minimum Gasteiger partial charge on any atom is -0.489 e. The first-order valence-electron chi connectivity index (χ1n) is 8.32. The fourth-order valence-corrected chi connectivity index (χ4v) is 2.34.